The molecule has 2 heterocycles. The summed E-state index contributed by atoms with van der Waals surface area (Å²) in [6, 6.07) is 20.3. The Morgan fingerprint density at radius 3 is 2.35 bits per heavy atom. The monoisotopic (exact) mass is 467 g/mol. The Bertz CT molecular complexity index is 1340. The second-order valence-corrected chi connectivity index (χ2v) is 8.02. The summed E-state index contributed by atoms with van der Waals surface area (Å²) in [5.41, 5.74) is 1.76. The molecule has 0 bridgehead atoms. The molecule has 34 heavy (non-hydrogen) atoms. The molecule has 1 aliphatic heterocycles. The maximum absolute atomic E-state index is 13.3. The van der Waals surface area contributed by atoms with Crippen LogP contribution in [0.25, 0.3) is 11.0 Å². The second kappa shape index (κ2) is 8.40. The summed E-state index contributed by atoms with van der Waals surface area (Å²) in [4.78, 5) is 19.2. The van der Waals surface area contributed by atoms with Crippen molar-refractivity contribution in [2.24, 2.45) is 0 Å². The van der Waals surface area contributed by atoms with Crippen LogP contribution in [0.1, 0.15) is 29.9 Å². The van der Waals surface area contributed by atoms with E-state index in [9.17, 15) is 18.0 Å². The molecule has 3 aromatic carbocycles. The van der Waals surface area contributed by atoms with Gasteiger partial charge in [-0.2, -0.15) is 13.2 Å². The maximum atomic E-state index is 13.3. The molecule has 6 nitrogen and oxygen atoms in total. The number of alkyl halides is 3. The number of ether oxygens (including phenoxy) is 2. The number of hydrogen-bond donors (Lipinski definition) is 2. The van der Waals surface area contributed by atoms with Gasteiger partial charge >= 0.3 is 6.18 Å². The predicted molar refractivity (Wildman–Crippen MR) is 118 cm³/mol. The number of hydrogen-bond acceptors (Lipinski definition) is 4. The fourth-order valence-electron chi connectivity index (χ4n) is 3.98. The lowest BCUT2D eigenvalue weighted by Gasteiger charge is -2.32. The number of amides is 1. The summed E-state index contributed by atoms with van der Waals surface area (Å²) < 4.78 is 51.0. The van der Waals surface area contributed by atoms with Gasteiger partial charge in [-0.1, -0.05) is 48.5 Å². The van der Waals surface area contributed by atoms with Gasteiger partial charge in [-0.3, -0.25) is 4.79 Å². The van der Waals surface area contributed by atoms with E-state index in [0.717, 1.165) is 5.56 Å². The first-order valence-electron chi connectivity index (χ1n) is 10.6. The molecule has 0 radical (unpaired) electrons. The Morgan fingerprint density at radius 2 is 1.65 bits per heavy atom. The van der Waals surface area contributed by atoms with Gasteiger partial charge in [0.05, 0.1) is 17.1 Å². The topological polar surface area (TPSA) is 76.2 Å². The summed E-state index contributed by atoms with van der Waals surface area (Å²) >= 11 is 0. The normalized spacial score (nSPS) is 18.5. The molecule has 0 spiro atoms. The van der Waals surface area contributed by atoms with Crippen LogP contribution < -0.4 is 14.8 Å². The number of aromatic nitrogens is 2. The van der Waals surface area contributed by atoms with Crippen molar-refractivity contribution in [1.82, 2.24) is 15.3 Å². The number of halogens is 3. The number of carbonyl (C=O) groups excluding carboxylic acids is 1. The number of fused-ring (bicyclic) bond motifs is 2. The molecule has 0 saturated heterocycles. The van der Waals surface area contributed by atoms with Crippen LogP contribution in [-0.2, 0) is 11.0 Å². The SMILES string of the molecule is CC1Oc2ccccc2OC1C(=O)NC(c1ccccc1)c1ccc2nc(C(F)(F)F)[nH]c2c1. The molecular formula is C25H20F3N3O3. The van der Waals surface area contributed by atoms with Crippen molar-refractivity contribution in [3.8, 4) is 11.5 Å². The lowest BCUT2D eigenvalue weighted by Crippen LogP contribution is -2.49. The number of benzene rings is 3. The van der Waals surface area contributed by atoms with Crippen LogP contribution in [0.3, 0.4) is 0 Å². The number of rotatable bonds is 4. The minimum absolute atomic E-state index is 0.184. The van der Waals surface area contributed by atoms with Crippen molar-refractivity contribution in [2.45, 2.75) is 31.3 Å². The standard InChI is InChI=1S/C25H20F3N3O3/c1-14-22(34-20-10-6-5-9-19(20)33-14)23(32)31-21(15-7-3-2-4-8-15)16-11-12-17-18(13-16)30-24(29-17)25(26,27)28/h2-14,21-22H,1H3,(H,29,30)(H,31,32). The Kier molecular flexibility index (Phi) is 5.39. The quantitative estimate of drug-likeness (QED) is 0.442. The van der Waals surface area contributed by atoms with E-state index in [0.29, 0.717) is 17.1 Å². The van der Waals surface area contributed by atoms with Crippen LogP contribution in [0.4, 0.5) is 13.2 Å². The van der Waals surface area contributed by atoms with Crippen molar-refractivity contribution in [1.29, 1.82) is 0 Å². The van der Waals surface area contributed by atoms with E-state index in [1.54, 1.807) is 37.3 Å². The molecule has 4 aromatic rings. The number of aromatic amines is 1. The molecule has 2 N–H and O–H groups in total. The summed E-state index contributed by atoms with van der Waals surface area (Å²) in [5.74, 6) is -0.448. The van der Waals surface area contributed by atoms with Crippen LogP contribution in [0, 0.1) is 0 Å². The van der Waals surface area contributed by atoms with Gasteiger partial charge in [0.1, 0.15) is 6.10 Å². The van der Waals surface area contributed by atoms with Gasteiger partial charge in [-0.05, 0) is 42.3 Å². The van der Waals surface area contributed by atoms with E-state index in [4.69, 9.17) is 9.47 Å². The third-order valence-electron chi connectivity index (χ3n) is 5.63. The van der Waals surface area contributed by atoms with Gasteiger partial charge in [0.15, 0.2) is 11.5 Å². The maximum Gasteiger partial charge on any atom is 0.449 e. The first kappa shape index (κ1) is 21.8. The van der Waals surface area contributed by atoms with Gasteiger partial charge < -0.3 is 19.8 Å². The van der Waals surface area contributed by atoms with E-state index in [1.807, 2.05) is 36.4 Å². The lowest BCUT2D eigenvalue weighted by molar-refractivity contribution is -0.144. The highest BCUT2D eigenvalue weighted by atomic mass is 19.4. The minimum Gasteiger partial charge on any atom is -0.482 e. The number of para-hydroxylation sites is 2. The molecule has 5 rings (SSSR count). The van der Waals surface area contributed by atoms with Crippen molar-refractivity contribution in [2.75, 3.05) is 0 Å². The predicted octanol–water partition coefficient (Wildman–Crippen LogP) is 5.02. The van der Waals surface area contributed by atoms with E-state index < -0.39 is 36.2 Å². The minimum atomic E-state index is -4.59. The van der Waals surface area contributed by atoms with Crippen LogP contribution in [0.5, 0.6) is 11.5 Å². The highest BCUT2D eigenvalue weighted by Crippen LogP contribution is 2.34. The largest absolute Gasteiger partial charge is 0.482 e. The summed E-state index contributed by atoms with van der Waals surface area (Å²) in [6.07, 6.45) is -6.04. The van der Waals surface area contributed by atoms with E-state index in [-0.39, 0.29) is 11.0 Å². The highest BCUT2D eigenvalue weighted by molar-refractivity contribution is 5.83. The molecule has 1 amide bonds. The zero-order valence-electron chi connectivity index (χ0n) is 18.0. The molecule has 174 valence electrons. The Labute approximate surface area is 192 Å². The molecule has 3 atom stereocenters. The van der Waals surface area contributed by atoms with Crippen LogP contribution in [0.15, 0.2) is 72.8 Å². The van der Waals surface area contributed by atoms with Crippen molar-refractivity contribution < 1.29 is 27.4 Å². The van der Waals surface area contributed by atoms with Gasteiger partial charge in [0.2, 0.25) is 11.9 Å². The van der Waals surface area contributed by atoms with Gasteiger partial charge in [-0.15, -0.1) is 0 Å². The second-order valence-electron chi connectivity index (χ2n) is 8.02. The van der Waals surface area contributed by atoms with Crippen molar-refractivity contribution in [3.63, 3.8) is 0 Å². The van der Waals surface area contributed by atoms with Gasteiger partial charge in [-0.25, -0.2) is 4.98 Å². The molecule has 0 fully saturated rings. The molecular weight excluding hydrogens is 447 g/mol. The molecule has 1 aromatic heterocycles. The van der Waals surface area contributed by atoms with Crippen molar-refractivity contribution >= 4 is 16.9 Å². The average molecular weight is 467 g/mol. The third-order valence-corrected chi connectivity index (χ3v) is 5.63. The molecule has 0 aliphatic carbocycles. The molecule has 9 heteroatoms. The number of nitrogens with one attached hydrogen (secondary N) is 2. The van der Waals surface area contributed by atoms with Crippen LogP contribution >= 0.6 is 0 Å². The van der Waals surface area contributed by atoms with E-state index >= 15 is 0 Å². The third kappa shape index (κ3) is 4.16. The van der Waals surface area contributed by atoms with E-state index in [2.05, 4.69) is 15.3 Å². The lowest BCUT2D eigenvalue weighted by atomic mass is 9.97. The highest BCUT2D eigenvalue weighted by Gasteiger charge is 2.36. The zero-order chi connectivity index (χ0) is 23.9. The Balaban J connectivity index is 1.47. The zero-order valence-corrected chi connectivity index (χ0v) is 18.0. The fourth-order valence-corrected chi connectivity index (χ4v) is 3.98. The number of carbonyl (C=O) groups is 1. The average Bonchev–Trinajstić information content (AvgIpc) is 3.27. The van der Waals surface area contributed by atoms with Crippen LogP contribution in [0.2, 0.25) is 0 Å². The Morgan fingerprint density at radius 1 is 0.971 bits per heavy atom. The summed E-state index contributed by atoms with van der Waals surface area (Å²) in [5, 5.41) is 2.98. The van der Waals surface area contributed by atoms with Crippen molar-refractivity contribution in [3.05, 3.63) is 89.7 Å². The Hall–Kier alpha value is -4.01. The molecule has 1 aliphatic rings. The molecule has 3 unspecified atom stereocenters. The van der Waals surface area contributed by atoms with Crippen LogP contribution in [-0.4, -0.2) is 28.1 Å². The van der Waals surface area contributed by atoms with Gasteiger partial charge in [0.25, 0.3) is 5.91 Å². The first-order chi connectivity index (χ1) is 16.3. The fraction of sp³-hybridized carbons (Fsp3) is 0.200. The summed E-state index contributed by atoms with van der Waals surface area (Å²) in [6.45, 7) is 1.74. The number of nitrogens with zero attached hydrogens (tertiary/aromatic N) is 1. The number of H-pyrrole nitrogens is 1. The van der Waals surface area contributed by atoms with Gasteiger partial charge in [0, 0.05) is 0 Å². The first-order valence-corrected chi connectivity index (χ1v) is 10.6. The molecule has 0 saturated carbocycles. The number of imidazole rings is 1. The summed E-state index contributed by atoms with van der Waals surface area (Å²) in [7, 11) is 0. The van der Waals surface area contributed by atoms with E-state index in [1.165, 1.54) is 6.07 Å². The smallest absolute Gasteiger partial charge is 0.449 e.